The summed E-state index contributed by atoms with van der Waals surface area (Å²) in [5.41, 5.74) is 2.28. The summed E-state index contributed by atoms with van der Waals surface area (Å²) in [5, 5.41) is 2.87. The second-order valence-corrected chi connectivity index (χ2v) is 7.11. The molecule has 3 aromatic carbocycles. The third kappa shape index (κ3) is 4.98. The lowest BCUT2D eigenvalue weighted by Gasteiger charge is -2.30. The van der Waals surface area contributed by atoms with E-state index in [4.69, 9.17) is 4.74 Å². The third-order valence-electron chi connectivity index (χ3n) is 4.88. The smallest absolute Gasteiger partial charge is 0.294 e. The molecule has 1 heterocycles. The predicted molar refractivity (Wildman–Crippen MR) is 117 cm³/mol. The quantitative estimate of drug-likeness (QED) is 0.619. The highest BCUT2D eigenvalue weighted by Crippen LogP contribution is 2.35. The van der Waals surface area contributed by atoms with Crippen LogP contribution >= 0.6 is 0 Å². The highest BCUT2D eigenvalue weighted by Gasteiger charge is 2.31. The number of hydrogen-bond acceptors (Lipinski definition) is 3. The molecular weight excluding hydrogens is 395 g/mol. The third-order valence-corrected chi connectivity index (χ3v) is 4.88. The van der Waals surface area contributed by atoms with Crippen LogP contribution in [0.4, 0.5) is 10.1 Å². The molecule has 1 N–H and O–H groups in total. The Balaban J connectivity index is 1.49. The number of anilines is 1. The summed E-state index contributed by atoms with van der Waals surface area (Å²) in [6.45, 7) is 0.343. The first-order valence-electron chi connectivity index (χ1n) is 9.97. The molecular formula is C25H21FN2O3. The largest absolute Gasteiger partial charge is 0.449 e. The van der Waals surface area contributed by atoms with E-state index < -0.39 is 5.91 Å². The van der Waals surface area contributed by atoms with Gasteiger partial charge in [0.25, 0.3) is 5.91 Å². The molecule has 2 amide bonds. The van der Waals surface area contributed by atoms with Gasteiger partial charge in [-0.3, -0.25) is 14.5 Å². The molecule has 0 radical (unpaired) electrons. The van der Waals surface area contributed by atoms with Gasteiger partial charge in [-0.25, -0.2) is 4.39 Å². The van der Waals surface area contributed by atoms with Crippen molar-refractivity contribution in [3.8, 4) is 5.75 Å². The number of hydrogen-bond donors (Lipinski definition) is 1. The van der Waals surface area contributed by atoms with E-state index in [-0.39, 0.29) is 24.0 Å². The predicted octanol–water partition coefficient (Wildman–Crippen LogP) is 3.95. The van der Waals surface area contributed by atoms with Gasteiger partial charge in [0.15, 0.2) is 11.5 Å². The summed E-state index contributed by atoms with van der Waals surface area (Å²) < 4.78 is 19.0. The summed E-state index contributed by atoms with van der Waals surface area (Å²) >= 11 is 0. The fourth-order valence-electron chi connectivity index (χ4n) is 3.32. The van der Waals surface area contributed by atoms with Crippen LogP contribution in [0.15, 0.2) is 84.6 Å². The van der Waals surface area contributed by atoms with Crippen molar-refractivity contribution in [2.45, 2.75) is 6.42 Å². The van der Waals surface area contributed by atoms with Crippen LogP contribution in [-0.2, 0) is 16.0 Å². The average Bonchev–Trinajstić information content (AvgIpc) is 2.79. The fourth-order valence-corrected chi connectivity index (χ4v) is 3.32. The number of ether oxygens (including phenoxy) is 1. The number of para-hydroxylation sites is 2. The lowest BCUT2D eigenvalue weighted by molar-refractivity contribution is -0.123. The van der Waals surface area contributed by atoms with E-state index in [2.05, 4.69) is 5.32 Å². The highest BCUT2D eigenvalue weighted by atomic mass is 19.1. The summed E-state index contributed by atoms with van der Waals surface area (Å²) in [6.07, 6.45) is 2.24. The van der Waals surface area contributed by atoms with Crippen LogP contribution in [0, 0.1) is 5.82 Å². The molecule has 0 atom stereocenters. The van der Waals surface area contributed by atoms with Crippen LogP contribution in [0.2, 0.25) is 0 Å². The molecule has 4 rings (SSSR count). The molecule has 0 aromatic heterocycles. The molecule has 6 heteroatoms. The molecule has 31 heavy (non-hydrogen) atoms. The topological polar surface area (TPSA) is 58.6 Å². The van der Waals surface area contributed by atoms with Crippen molar-refractivity contribution < 1.29 is 18.7 Å². The first-order chi connectivity index (χ1) is 15.1. The number of amides is 2. The number of halogens is 1. The van der Waals surface area contributed by atoms with Gasteiger partial charge >= 0.3 is 0 Å². The first-order valence-corrected chi connectivity index (χ1v) is 9.97. The van der Waals surface area contributed by atoms with Crippen molar-refractivity contribution in [1.82, 2.24) is 5.32 Å². The second-order valence-electron chi connectivity index (χ2n) is 7.11. The first kappa shape index (κ1) is 20.3. The van der Waals surface area contributed by atoms with Gasteiger partial charge in [0.1, 0.15) is 12.4 Å². The van der Waals surface area contributed by atoms with Gasteiger partial charge in [0.2, 0.25) is 5.91 Å². The molecule has 0 unspecified atom stereocenters. The second kappa shape index (κ2) is 9.26. The van der Waals surface area contributed by atoms with E-state index in [1.165, 1.54) is 23.1 Å². The fraction of sp³-hybridized carbons (Fsp3) is 0.120. The standard InChI is InChI=1S/C25H21FN2O3/c26-20-12-10-19(11-13-20)16-23-25(30)28(21-8-4-5-9-22(21)31-23)17-24(29)27-15-14-18-6-2-1-3-7-18/h1-13,16H,14-15,17H2,(H,27,29)/b23-16+. The van der Waals surface area contributed by atoms with Crippen molar-refractivity contribution in [3.05, 3.63) is 102 Å². The van der Waals surface area contributed by atoms with E-state index >= 15 is 0 Å². The lowest BCUT2D eigenvalue weighted by Crippen LogP contribution is -2.44. The molecule has 0 bridgehead atoms. The summed E-state index contributed by atoms with van der Waals surface area (Å²) in [6, 6.07) is 22.6. The molecule has 156 valence electrons. The Labute approximate surface area is 179 Å². The number of nitrogens with one attached hydrogen (secondary N) is 1. The van der Waals surface area contributed by atoms with Crippen LogP contribution < -0.4 is 15.0 Å². The zero-order chi connectivity index (χ0) is 21.6. The molecule has 0 fully saturated rings. The number of nitrogens with zero attached hydrogens (tertiary/aromatic N) is 1. The summed E-state index contributed by atoms with van der Waals surface area (Å²) in [5.74, 6) is -0.504. The number of carbonyl (C=O) groups is 2. The Hall–Kier alpha value is -3.93. The highest BCUT2D eigenvalue weighted by molar-refractivity contribution is 6.12. The Kier molecular flexibility index (Phi) is 6.08. The summed E-state index contributed by atoms with van der Waals surface area (Å²) in [7, 11) is 0. The van der Waals surface area contributed by atoms with Crippen molar-refractivity contribution in [2.75, 3.05) is 18.0 Å². The molecule has 0 aliphatic carbocycles. The van der Waals surface area contributed by atoms with Gasteiger partial charge in [0.05, 0.1) is 5.69 Å². The van der Waals surface area contributed by atoms with E-state index in [1.54, 1.807) is 36.4 Å². The van der Waals surface area contributed by atoms with Gasteiger partial charge in [-0.15, -0.1) is 0 Å². The average molecular weight is 416 g/mol. The Bertz CT molecular complexity index is 1110. The van der Waals surface area contributed by atoms with Crippen molar-refractivity contribution in [2.24, 2.45) is 0 Å². The van der Waals surface area contributed by atoms with Crippen LogP contribution in [0.3, 0.4) is 0 Å². The zero-order valence-electron chi connectivity index (χ0n) is 16.8. The Morgan fingerprint density at radius 2 is 1.68 bits per heavy atom. The van der Waals surface area contributed by atoms with Gasteiger partial charge in [-0.1, -0.05) is 54.6 Å². The molecule has 3 aromatic rings. The van der Waals surface area contributed by atoms with Crippen LogP contribution in [0.1, 0.15) is 11.1 Å². The zero-order valence-corrected chi connectivity index (χ0v) is 16.8. The SMILES string of the molecule is O=C(CN1C(=O)/C(=C\c2ccc(F)cc2)Oc2ccccc21)NCCc1ccccc1. The van der Waals surface area contributed by atoms with Gasteiger partial charge < -0.3 is 10.1 Å². The normalized spacial score (nSPS) is 14.2. The van der Waals surface area contributed by atoms with Crippen molar-refractivity contribution >= 4 is 23.6 Å². The number of carbonyl (C=O) groups excluding carboxylic acids is 2. The van der Waals surface area contributed by atoms with E-state index in [0.29, 0.717) is 30.0 Å². The number of fused-ring (bicyclic) bond motifs is 1. The molecule has 1 aliphatic heterocycles. The van der Waals surface area contributed by atoms with Crippen molar-refractivity contribution in [3.63, 3.8) is 0 Å². The van der Waals surface area contributed by atoms with E-state index in [9.17, 15) is 14.0 Å². The molecule has 0 spiro atoms. The number of benzene rings is 3. The molecule has 5 nitrogen and oxygen atoms in total. The molecule has 1 aliphatic rings. The van der Waals surface area contributed by atoms with Crippen molar-refractivity contribution in [1.29, 1.82) is 0 Å². The minimum absolute atomic E-state index is 0.0717. The van der Waals surface area contributed by atoms with Crippen LogP contribution in [-0.4, -0.2) is 24.9 Å². The Morgan fingerprint density at radius 3 is 2.45 bits per heavy atom. The Morgan fingerprint density at radius 1 is 0.968 bits per heavy atom. The number of rotatable bonds is 6. The van der Waals surface area contributed by atoms with E-state index in [0.717, 1.165) is 5.56 Å². The molecule has 0 saturated heterocycles. The lowest BCUT2D eigenvalue weighted by atomic mass is 10.1. The van der Waals surface area contributed by atoms with Crippen LogP contribution in [0.5, 0.6) is 5.75 Å². The van der Waals surface area contributed by atoms with E-state index in [1.807, 2.05) is 30.3 Å². The minimum atomic E-state index is -0.429. The summed E-state index contributed by atoms with van der Waals surface area (Å²) in [4.78, 5) is 27.0. The minimum Gasteiger partial charge on any atom is -0.449 e. The maximum absolute atomic E-state index is 13.2. The maximum atomic E-state index is 13.2. The van der Waals surface area contributed by atoms with Gasteiger partial charge in [-0.05, 0) is 47.9 Å². The monoisotopic (exact) mass is 416 g/mol. The maximum Gasteiger partial charge on any atom is 0.294 e. The molecule has 0 saturated carbocycles. The van der Waals surface area contributed by atoms with Gasteiger partial charge in [-0.2, -0.15) is 0 Å². The van der Waals surface area contributed by atoms with Gasteiger partial charge in [0, 0.05) is 6.54 Å². The van der Waals surface area contributed by atoms with Crippen LogP contribution in [0.25, 0.3) is 6.08 Å².